The Morgan fingerprint density at radius 2 is 1.87 bits per heavy atom. The summed E-state index contributed by atoms with van der Waals surface area (Å²) in [5, 5.41) is 10.2. The van der Waals surface area contributed by atoms with Crippen LogP contribution in [0.25, 0.3) is 10.8 Å². The van der Waals surface area contributed by atoms with E-state index in [0.717, 1.165) is 18.4 Å². The minimum atomic E-state index is -0.779. The van der Waals surface area contributed by atoms with Crippen LogP contribution in [0.1, 0.15) is 42.7 Å². The van der Waals surface area contributed by atoms with Crippen LogP contribution >= 0.6 is 11.6 Å². The molecule has 31 heavy (non-hydrogen) atoms. The van der Waals surface area contributed by atoms with E-state index >= 15 is 0 Å². The van der Waals surface area contributed by atoms with E-state index in [4.69, 9.17) is 20.8 Å². The first kappa shape index (κ1) is 21.1. The zero-order valence-electron chi connectivity index (χ0n) is 17.2. The van der Waals surface area contributed by atoms with Gasteiger partial charge in [-0.2, -0.15) is 5.10 Å². The lowest BCUT2D eigenvalue weighted by Gasteiger charge is -2.27. The van der Waals surface area contributed by atoms with Crippen LogP contribution in [0.3, 0.4) is 0 Å². The quantitative estimate of drug-likeness (QED) is 0.580. The van der Waals surface area contributed by atoms with E-state index in [1.807, 2.05) is 12.1 Å². The van der Waals surface area contributed by atoms with Crippen LogP contribution in [-0.4, -0.2) is 28.7 Å². The number of benzene rings is 1. The molecule has 162 valence electrons. The average Bonchev–Trinajstić information content (AvgIpc) is 3.36. The molecule has 1 amide bonds. The van der Waals surface area contributed by atoms with Crippen LogP contribution in [0.2, 0.25) is 5.02 Å². The smallest absolute Gasteiger partial charge is 0.317 e. The lowest BCUT2D eigenvalue weighted by Crippen LogP contribution is -2.36. The number of ether oxygens (including phenoxy) is 1. The van der Waals surface area contributed by atoms with Gasteiger partial charge in [0.15, 0.2) is 6.61 Å². The first-order valence-corrected chi connectivity index (χ1v) is 10.4. The number of H-pyrrole nitrogens is 1. The molecule has 2 heterocycles. The van der Waals surface area contributed by atoms with Crippen LogP contribution in [0, 0.1) is 13.8 Å². The summed E-state index contributed by atoms with van der Waals surface area (Å²) >= 11 is 5.98. The van der Waals surface area contributed by atoms with E-state index in [2.05, 4.69) is 15.5 Å². The fraction of sp³-hybridized carbons (Fsp3) is 0.364. The Morgan fingerprint density at radius 3 is 2.55 bits per heavy atom. The fourth-order valence-electron chi connectivity index (χ4n) is 4.32. The lowest BCUT2D eigenvalue weighted by molar-refractivity contribution is -0.153. The van der Waals surface area contributed by atoms with Gasteiger partial charge in [-0.25, -0.2) is 5.10 Å². The molecule has 1 fully saturated rings. The number of rotatable bonds is 5. The number of halogens is 1. The molecule has 0 spiro atoms. The van der Waals surface area contributed by atoms with E-state index < -0.39 is 29.5 Å². The van der Waals surface area contributed by atoms with Crippen LogP contribution in [0.5, 0.6) is 0 Å². The van der Waals surface area contributed by atoms with Gasteiger partial charge >= 0.3 is 5.97 Å². The topological polar surface area (TPSA) is 114 Å². The van der Waals surface area contributed by atoms with Crippen LogP contribution in [-0.2, 0) is 19.7 Å². The third-order valence-electron chi connectivity index (χ3n) is 5.83. The number of carbonyl (C=O) groups is 2. The monoisotopic (exact) mass is 443 g/mol. The molecule has 0 bridgehead atoms. The Bertz CT molecular complexity index is 1210. The molecule has 4 rings (SSSR count). The number of aromatic amines is 1. The second-order valence-electron chi connectivity index (χ2n) is 7.80. The Balaban J connectivity index is 1.49. The normalized spacial score (nSPS) is 15.2. The van der Waals surface area contributed by atoms with Crippen molar-refractivity contribution in [3.05, 3.63) is 56.7 Å². The number of nitrogens with one attached hydrogen (secondary N) is 2. The molecule has 0 saturated heterocycles. The summed E-state index contributed by atoms with van der Waals surface area (Å²) in [5.74, 6) is -0.567. The van der Waals surface area contributed by atoms with E-state index in [1.165, 1.54) is 0 Å². The number of nitrogens with zero attached hydrogens (tertiary/aromatic N) is 1. The third kappa shape index (κ3) is 3.83. The van der Waals surface area contributed by atoms with Crippen molar-refractivity contribution in [2.75, 3.05) is 11.9 Å². The zero-order valence-corrected chi connectivity index (χ0v) is 18.0. The number of esters is 1. The van der Waals surface area contributed by atoms with Crippen molar-refractivity contribution in [3.63, 3.8) is 0 Å². The van der Waals surface area contributed by atoms with Crippen LogP contribution in [0.15, 0.2) is 33.5 Å². The lowest BCUT2D eigenvalue weighted by atomic mass is 9.79. The van der Waals surface area contributed by atoms with Gasteiger partial charge in [-0.05, 0) is 44.4 Å². The number of aromatic nitrogens is 2. The molecule has 2 aromatic heterocycles. The molecule has 0 radical (unpaired) electrons. The maximum Gasteiger partial charge on any atom is 0.317 e. The first-order chi connectivity index (χ1) is 14.8. The Labute approximate surface area is 182 Å². The molecule has 1 aromatic carbocycles. The second-order valence-corrected chi connectivity index (χ2v) is 8.23. The molecule has 2 N–H and O–H groups in total. The summed E-state index contributed by atoms with van der Waals surface area (Å²) < 4.78 is 11.0. The minimum absolute atomic E-state index is 0.00794. The molecule has 1 aliphatic carbocycles. The molecular formula is C22H22ClN3O5. The molecule has 1 saturated carbocycles. The summed E-state index contributed by atoms with van der Waals surface area (Å²) in [4.78, 5) is 37.7. The SMILES string of the molecule is Cc1n[nH]c(=O)c2c(NC(=O)COC(=O)C3(c4ccc(Cl)cc4)CCCC3)oc(C)c12. The summed E-state index contributed by atoms with van der Waals surface area (Å²) in [6.07, 6.45) is 3.10. The number of aryl methyl sites for hydroxylation is 2. The number of fused-ring (bicyclic) bond motifs is 1. The fourth-order valence-corrected chi connectivity index (χ4v) is 4.45. The van der Waals surface area contributed by atoms with Gasteiger partial charge in [-0.3, -0.25) is 19.7 Å². The molecule has 0 atom stereocenters. The van der Waals surface area contributed by atoms with E-state index in [0.29, 0.717) is 34.7 Å². The van der Waals surface area contributed by atoms with Gasteiger partial charge < -0.3 is 9.15 Å². The van der Waals surface area contributed by atoms with Gasteiger partial charge in [0.2, 0.25) is 5.88 Å². The third-order valence-corrected chi connectivity index (χ3v) is 6.08. The maximum atomic E-state index is 13.0. The number of anilines is 1. The molecular weight excluding hydrogens is 422 g/mol. The van der Waals surface area contributed by atoms with Crippen molar-refractivity contribution in [1.82, 2.24) is 10.2 Å². The average molecular weight is 444 g/mol. The summed E-state index contributed by atoms with van der Waals surface area (Å²) in [5.41, 5.74) is 0.159. The van der Waals surface area contributed by atoms with Crippen LogP contribution < -0.4 is 10.9 Å². The maximum absolute atomic E-state index is 13.0. The highest BCUT2D eigenvalue weighted by molar-refractivity contribution is 6.30. The molecule has 0 aliphatic heterocycles. The zero-order chi connectivity index (χ0) is 22.2. The predicted octanol–water partition coefficient (Wildman–Crippen LogP) is 3.78. The first-order valence-electron chi connectivity index (χ1n) is 10.0. The summed E-state index contributed by atoms with van der Waals surface area (Å²) in [6, 6.07) is 7.15. The second kappa shape index (κ2) is 8.19. The van der Waals surface area contributed by atoms with Crippen molar-refractivity contribution in [2.24, 2.45) is 0 Å². The van der Waals surface area contributed by atoms with Gasteiger partial charge in [-0.1, -0.05) is 36.6 Å². The molecule has 3 aromatic rings. The standard InChI is InChI=1S/C22H22ClN3O5/c1-12-17-13(2)31-20(18(17)19(28)26-25-12)24-16(27)11-30-21(29)22(9-3-4-10-22)14-5-7-15(23)8-6-14/h5-8H,3-4,9-11H2,1-2H3,(H,24,27)(H,26,28). The van der Waals surface area contributed by atoms with Crippen molar-refractivity contribution >= 4 is 40.1 Å². The molecule has 1 aliphatic rings. The van der Waals surface area contributed by atoms with Crippen LogP contribution in [0.4, 0.5) is 5.88 Å². The van der Waals surface area contributed by atoms with Gasteiger partial charge in [-0.15, -0.1) is 0 Å². The number of amides is 1. The predicted molar refractivity (Wildman–Crippen MR) is 115 cm³/mol. The largest absolute Gasteiger partial charge is 0.455 e. The Morgan fingerprint density at radius 1 is 1.19 bits per heavy atom. The Hall–Kier alpha value is -3.13. The highest BCUT2D eigenvalue weighted by Gasteiger charge is 2.44. The number of hydrogen-bond donors (Lipinski definition) is 2. The molecule has 8 nitrogen and oxygen atoms in total. The van der Waals surface area contributed by atoms with E-state index in [9.17, 15) is 14.4 Å². The van der Waals surface area contributed by atoms with Crippen molar-refractivity contribution in [2.45, 2.75) is 44.9 Å². The highest BCUT2D eigenvalue weighted by Crippen LogP contribution is 2.42. The number of hydrogen-bond acceptors (Lipinski definition) is 6. The van der Waals surface area contributed by atoms with E-state index in [1.54, 1.807) is 26.0 Å². The van der Waals surface area contributed by atoms with Crippen molar-refractivity contribution < 1.29 is 18.7 Å². The van der Waals surface area contributed by atoms with Gasteiger partial charge in [0.1, 0.15) is 11.1 Å². The van der Waals surface area contributed by atoms with Gasteiger partial charge in [0.25, 0.3) is 11.5 Å². The van der Waals surface area contributed by atoms with Gasteiger partial charge in [0.05, 0.1) is 16.5 Å². The number of carbonyl (C=O) groups excluding carboxylic acids is 2. The molecule has 9 heteroatoms. The number of furan rings is 1. The Kier molecular flexibility index (Phi) is 5.58. The van der Waals surface area contributed by atoms with E-state index in [-0.39, 0.29) is 11.3 Å². The minimum Gasteiger partial charge on any atom is -0.455 e. The molecule has 0 unspecified atom stereocenters. The summed E-state index contributed by atoms with van der Waals surface area (Å²) in [6.45, 7) is 2.92. The van der Waals surface area contributed by atoms with Crippen molar-refractivity contribution in [3.8, 4) is 0 Å². The van der Waals surface area contributed by atoms with Crippen molar-refractivity contribution in [1.29, 1.82) is 0 Å². The summed E-state index contributed by atoms with van der Waals surface area (Å²) in [7, 11) is 0. The van der Waals surface area contributed by atoms with Gasteiger partial charge in [0, 0.05) is 5.02 Å². The highest BCUT2D eigenvalue weighted by atomic mass is 35.5.